The van der Waals surface area contributed by atoms with Crippen LogP contribution in [0.4, 0.5) is 15.9 Å². The third-order valence-corrected chi connectivity index (χ3v) is 5.12. The molecule has 3 rings (SSSR count). The van der Waals surface area contributed by atoms with Gasteiger partial charge in [0.15, 0.2) is 10.9 Å². The number of nitrogens with zero attached hydrogens (tertiary/aromatic N) is 2. The quantitative estimate of drug-likeness (QED) is 0.461. The molecule has 0 atom stereocenters. The van der Waals surface area contributed by atoms with E-state index in [2.05, 4.69) is 38.6 Å². The molecule has 0 aliphatic rings. The summed E-state index contributed by atoms with van der Waals surface area (Å²) in [7, 11) is 0. The van der Waals surface area contributed by atoms with E-state index in [-0.39, 0.29) is 12.4 Å². The highest BCUT2D eigenvalue weighted by molar-refractivity contribution is 9.10. The van der Waals surface area contributed by atoms with E-state index < -0.39 is 0 Å². The zero-order chi connectivity index (χ0) is 19.4. The average Bonchev–Trinajstić information content (AvgIpc) is 2.98. The van der Waals surface area contributed by atoms with Crippen molar-refractivity contribution in [1.82, 2.24) is 9.78 Å². The Morgan fingerprint density at radius 2 is 2.00 bits per heavy atom. The lowest BCUT2D eigenvalue weighted by molar-refractivity contribution is 0.586. The lowest BCUT2D eigenvalue weighted by Gasteiger charge is -2.12. The van der Waals surface area contributed by atoms with Gasteiger partial charge in [-0.2, -0.15) is 5.10 Å². The van der Waals surface area contributed by atoms with Gasteiger partial charge in [0, 0.05) is 22.5 Å². The van der Waals surface area contributed by atoms with Gasteiger partial charge < -0.3 is 10.6 Å². The maximum Gasteiger partial charge on any atom is 0.176 e. The minimum absolute atomic E-state index is 0.213. The van der Waals surface area contributed by atoms with Crippen LogP contribution in [0.25, 0.3) is 0 Å². The Morgan fingerprint density at radius 1 is 1.22 bits per heavy atom. The second kappa shape index (κ2) is 8.82. The Labute approximate surface area is 175 Å². The zero-order valence-corrected chi connectivity index (χ0v) is 17.6. The van der Waals surface area contributed by atoms with Crippen LogP contribution in [-0.4, -0.2) is 14.9 Å². The van der Waals surface area contributed by atoms with Gasteiger partial charge in [-0.05, 0) is 58.3 Å². The molecular weight excluding hydrogens is 451 g/mol. The van der Waals surface area contributed by atoms with Crippen LogP contribution in [0, 0.1) is 5.82 Å². The van der Waals surface area contributed by atoms with Crippen LogP contribution >= 0.6 is 39.7 Å². The second-order valence-corrected chi connectivity index (χ2v) is 7.48. The Morgan fingerprint density at radius 3 is 2.74 bits per heavy atom. The monoisotopic (exact) mass is 466 g/mol. The van der Waals surface area contributed by atoms with Crippen molar-refractivity contribution in [2.24, 2.45) is 0 Å². The molecule has 0 unspecified atom stereocenters. The number of hydrogen-bond acceptors (Lipinski definition) is 2. The van der Waals surface area contributed by atoms with Crippen molar-refractivity contribution in [2.75, 3.05) is 10.6 Å². The van der Waals surface area contributed by atoms with Crippen molar-refractivity contribution in [2.45, 2.75) is 19.9 Å². The molecule has 1 aromatic heterocycles. The smallest absolute Gasteiger partial charge is 0.176 e. The summed E-state index contributed by atoms with van der Waals surface area (Å²) in [6.07, 6.45) is 2.64. The molecule has 3 aromatic rings. The summed E-state index contributed by atoms with van der Waals surface area (Å²) in [4.78, 5) is 0. The first-order chi connectivity index (χ1) is 13.0. The van der Waals surface area contributed by atoms with Crippen LogP contribution in [0.15, 0.2) is 53.1 Å². The SMILES string of the molecule is CCc1ccccc1NC(=S)Nc1nn(Cc2c(F)cccc2Cl)cc1Br. The van der Waals surface area contributed by atoms with Gasteiger partial charge in [-0.1, -0.05) is 42.8 Å². The third-order valence-electron chi connectivity index (χ3n) is 3.98. The van der Waals surface area contributed by atoms with E-state index in [4.69, 9.17) is 23.8 Å². The van der Waals surface area contributed by atoms with Crippen molar-refractivity contribution in [3.63, 3.8) is 0 Å². The average molecular weight is 468 g/mol. The van der Waals surface area contributed by atoms with Crippen LogP contribution in [0.5, 0.6) is 0 Å². The number of halogens is 3. The first-order valence-corrected chi connectivity index (χ1v) is 9.87. The van der Waals surface area contributed by atoms with Gasteiger partial charge in [-0.3, -0.25) is 4.68 Å². The maximum atomic E-state index is 14.0. The van der Waals surface area contributed by atoms with E-state index in [1.807, 2.05) is 24.3 Å². The Bertz CT molecular complexity index is 956. The maximum absolute atomic E-state index is 14.0. The number of benzene rings is 2. The number of aryl methyl sites for hydroxylation is 1. The highest BCUT2D eigenvalue weighted by Crippen LogP contribution is 2.24. The summed E-state index contributed by atoms with van der Waals surface area (Å²) < 4.78 is 16.3. The highest BCUT2D eigenvalue weighted by Gasteiger charge is 2.13. The topological polar surface area (TPSA) is 41.9 Å². The van der Waals surface area contributed by atoms with Crippen LogP contribution in [0.2, 0.25) is 5.02 Å². The van der Waals surface area contributed by atoms with E-state index in [0.717, 1.165) is 12.1 Å². The Balaban J connectivity index is 1.72. The molecule has 1 heterocycles. The van der Waals surface area contributed by atoms with Gasteiger partial charge in [0.2, 0.25) is 0 Å². The van der Waals surface area contributed by atoms with Gasteiger partial charge in [0.1, 0.15) is 5.82 Å². The van der Waals surface area contributed by atoms with Crippen LogP contribution in [0.3, 0.4) is 0 Å². The summed E-state index contributed by atoms with van der Waals surface area (Å²) in [5, 5.41) is 11.4. The molecule has 140 valence electrons. The van der Waals surface area contributed by atoms with Crippen LogP contribution in [-0.2, 0) is 13.0 Å². The fourth-order valence-corrected chi connectivity index (χ4v) is 3.46. The van der Waals surface area contributed by atoms with E-state index in [9.17, 15) is 4.39 Å². The first kappa shape index (κ1) is 19.8. The van der Waals surface area contributed by atoms with E-state index in [1.165, 1.54) is 11.6 Å². The van der Waals surface area contributed by atoms with Gasteiger partial charge in [-0.15, -0.1) is 0 Å². The molecule has 2 N–H and O–H groups in total. The number of aromatic nitrogens is 2. The molecule has 4 nitrogen and oxygen atoms in total. The molecule has 0 bridgehead atoms. The standard InChI is InChI=1S/C19H17BrClFN4S/c1-2-12-6-3-4-9-17(12)23-19(27)24-18-14(20)11-26(25-18)10-13-15(21)7-5-8-16(13)22/h3-9,11H,2,10H2,1H3,(H2,23,24,25,27). The highest BCUT2D eigenvalue weighted by atomic mass is 79.9. The van der Waals surface area contributed by atoms with Crippen molar-refractivity contribution in [3.05, 3.63) is 75.1 Å². The zero-order valence-electron chi connectivity index (χ0n) is 14.5. The van der Waals surface area contributed by atoms with Crippen molar-refractivity contribution >= 4 is 56.4 Å². The largest absolute Gasteiger partial charge is 0.332 e. The second-order valence-electron chi connectivity index (χ2n) is 5.81. The molecule has 27 heavy (non-hydrogen) atoms. The molecule has 8 heteroatoms. The minimum Gasteiger partial charge on any atom is -0.332 e. The summed E-state index contributed by atoms with van der Waals surface area (Å²) in [5.74, 6) is 0.172. The number of hydrogen-bond donors (Lipinski definition) is 2. The molecule has 0 spiro atoms. The Hall–Kier alpha value is -1.96. The lowest BCUT2D eigenvalue weighted by Crippen LogP contribution is -2.20. The molecule has 0 saturated carbocycles. The number of nitrogens with one attached hydrogen (secondary N) is 2. The number of rotatable bonds is 5. The minimum atomic E-state index is -0.364. The summed E-state index contributed by atoms with van der Waals surface area (Å²) in [6, 6.07) is 12.6. The lowest BCUT2D eigenvalue weighted by atomic mass is 10.1. The number of anilines is 2. The molecule has 0 saturated heterocycles. The molecular formula is C19H17BrClFN4S. The third kappa shape index (κ3) is 4.86. The van der Waals surface area contributed by atoms with E-state index >= 15 is 0 Å². The summed E-state index contributed by atoms with van der Waals surface area (Å²) in [6.45, 7) is 2.30. The normalized spacial score (nSPS) is 10.7. The molecule has 0 aliphatic carbocycles. The molecule has 2 aromatic carbocycles. The fraction of sp³-hybridized carbons (Fsp3) is 0.158. The molecule has 0 aliphatic heterocycles. The van der Waals surface area contributed by atoms with E-state index in [1.54, 1.807) is 23.0 Å². The van der Waals surface area contributed by atoms with E-state index in [0.29, 0.717) is 26.0 Å². The van der Waals surface area contributed by atoms with Crippen molar-refractivity contribution < 1.29 is 4.39 Å². The van der Waals surface area contributed by atoms with Crippen molar-refractivity contribution in [3.8, 4) is 0 Å². The number of thiocarbonyl (C=S) groups is 1. The molecule has 0 fully saturated rings. The van der Waals surface area contributed by atoms with Gasteiger partial charge >= 0.3 is 0 Å². The van der Waals surface area contributed by atoms with Gasteiger partial charge in [-0.25, -0.2) is 4.39 Å². The van der Waals surface area contributed by atoms with Crippen molar-refractivity contribution in [1.29, 1.82) is 0 Å². The predicted octanol–water partition coefficient (Wildman–Crippen LogP) is 5.86. The molecule has 0 amide bonds. The summed E-state index contributed by atoms with van der Waals surface area (Å²) >= 11 is 14.9. The summed E-state index contributed by atoms with van der Waals surface area (Å²) in [5.41, 5.74) is 2.50. The van der Waals surface area contributed by atoms with Crippen LogP contribution < -0.4 is 10.6 Å². The Kier molecular flexibility index (Phi) is 6.46. The molecule has 0 radical (unpaired) electrons. The van der Waals surface area contributed by atoms with Gasteiger partial charge in [0.05, 0.1) is 11.0 Å². The fourth-order valence-electron chi connectivity index (χ4n) is 2.62. The van der Waals surface area contributed by atoms with Gasteiger partial charge in [0.25, 0.3) is 0 Å². The predicted molar refractivity (Wildman–Crippen MR) is 116 cm³/mol. The van der Waals surface area contributed by atoms with Crippen LogP contribution in [0.1, 0.15) is 18.1 Å². The first-order valence-electron chi connectivity index (χ1n) is 8.29. The number of para-hydroxylation sites is 1.